The Morgan fingerprint density at radius 1 is 1.07 bits per heavy atom. The normalized spacial score (nSPS) is 21.9. The second kappa shape index (κ2) is 7.48. The highest BCUT2D eigenvalue weighted by atomic mass is 32.2. The fourth-order valence-electron chi connectivity index (χ4n) is 4.23. The van der Waals surface area contributed by atoms with Gasteiger partial charge in [-0.15, -0.1) is 11.8 Å². The first-order valence-electron chi connectivity index (χ1n) is 9.94. The third-order valence-electron chi connectivity index (χ3n) is 5.86. The number of thioether (sulfide) groups is 1. The maximum absolute atomic E-state index is 13.4. The predicted octanol–water partition coefficient (Wildman–Crippen LogP) is 1.83. The minimum Gasteiger partial charge on any atom is -0.341 e. The Labute approximate surface area is 174 Å². The van der Waals surface area contributed by atoms with Gasteiger partial charge in [-0.05, 0) is 38.8 Å². The van der Waals surface area contributed by atoms with Crippen LogP contribution in [0.15, 0.2) is 24.3 Å². The number of nitrogens with zero attached hydrogens (tertiary/aromatic N) is 3. The van der Waals surface area contributed by atoms with Crippen molar-refractivity contribution in [2.75, 3.05) is 31.3 Å². The molecule has 8 heteroatoms. The SMILES string of the molecule is CC(C)(CN1C(=O)c2ccccc2C1=O)C(=O)N1CSC[C@H]1C(=O)N1CCCC1. The first kappa shape index (κ1) is 19.9. The zero-order valence-corrected chi connectivity index (χ0v) is 17.5. The molecule has 7 nitrogen and oxygen atoms in total. The monoisotopic (exact) mass is 415 g/mol. The topological polar surface area (TPSA) is 78.0 Å². The molecule has 1 aromatic carbocycles. The summed E-state index contributed by atoms with van der Waals surface area (Å²) < 4.78 is 0. The van der Waals surface area contributed by atoms with Crippen LogP contribution in [0.5, 0.6) is 0 Å². The van der Waals surface area contributed by atoms with E-state index in [1.54, 1.807) is 54.8 Å². The van der Waals surface area contributed by atoms with Crippen molar-refractivity contribution in [2.45, 2.75) is 32.7 Å². The smallest absolute Gasteiger partial charge is 0.261 e. The van der Waals surface area contributed by atoms with Gasteiger partial charge in [-0.3, -0.25) is 24.1 Å². The van der Waals surface area contributed by atoms with E-state index in [9.17, 15) is 19.2 Å². The quantitative estimate of drug-likeness (QED) is 0.701. The molecule has 29 heavy (non-hydrogen) atoms. The molecular formula is C21H25N3O4S. The van der Waals surface area contributed by atoms with Gasteiger partial charge in [-0.25, -0.2) is 0 Å². The molecule has 0 spiro atoms. The van der Waals surface area contributed by atoms with Crippen molar-refractivity contribution >= 4 is 35.4 Å². The van der Waals surface area contributed by atoms with Crippen LogP contribution in [0.1, 0.15) is 47.4 Å². The average molecular weight is 416 g/mol. The summed E-state index contributed by atoms with van der Waals surface area (Å²) in [6.45, 7) is 4.96. The van der Waals surface area contributed by atoms with Crippen LogP contribution >= 0.6 is 11.8 Å². The van der Waals surface area contributed by atoms with Crippen LogP contribution in [-0.4, -0.2) is 75.6 Å². The lowest BCUT2D eigenvalue weighted by molar-refractivity contribution is -0.148. The molecule has 154 valence electrons. The molecule has 1 aromatic rings. The lowest BCUT2D eigenvalue weighted by Crippen LogP contribution is -2.54. The number of fused-ring (bicyclic) bond motifs is 1. The van der Waals surface area contributed by atoms with E-state index in [2.05, 4.69) is 0 Å². The molecule has 2 saturated heterocycles. The fourth-order valence-corrected chi connectivity index (χ4v) is 5.38. The van der Waals surface area contributed by atoms with Crippen LogP contribution in [0, 0.1) is 5.41 Å². The number of benzene rings is 1. The summed E-state index contributed by atoms with van der Waals surface area (Å²) in [5, 5.41) is 0. The van der Waals surface area contributed by atoms with Gasteiger partial charge >= 0.3 is 0 Å². The summed E-state index contributed by atoms with van der Waals surface area (Å²) in [4.78, 5) is 56.3. The summed E-state index contributed by atoms with van der Waals surface area (Å²) in [5.74, 6) is 0.117. The van der Waals surface area contributed by atoms with Crippen molar-refractivity contribution in [3.8, 4) is 0 Å². The fraction of sp³-hybridized carbons (Fsp3) is 0.524. The lowest BCUT2D eigenvalue weighted by atomic mass is 9.90. The Hall–Kier alpha value is -2.35. The van der Waals surface area contributed by atoms with Gasteiger partial charge in [-0.2, -0.15) is 0 Å². The molecule has 3 heterocycles. The maximum Gasteiger partial charge on any atom is 0.261 e. The molecule has 0 aliphatic carbocycles. The molecule has 3 aliphatic rings. The van der Waals surface area contributed by atoms with Gasteiger partial charge < -0.3 is 9.80 Å². The number of hydrogen-bond acceptors (Lipinski definition) is 5. The van der Waals surface area contributed by atoms with Crippen LogP contribution in [-0.2, 0) is 9.59 Å². The van der Waals surface area contributed by atoms with Crippen LogP contribution in [0.25, 0.3) is 0 Å². The highest BCUT2D eigenvalue weighted by Gasteiger charge is 2.46. The van der Waals surface area contributed by atoms with Gasteiger partial charge in [0, 0.05) is 25.4 Å². The van der Waals surface area contributed by atoms with Crippen LogP contribution in [0.4, 0.5) is 0 Å². The number of imide groups is 1. The Morgan fingerprint density at radius 2 is 1.66 bits per heavy atom. The van der Waals surface area contributed by atoms with Crippen molar-refractivity contribution in [1.29, 1.82) is 0 Å². The molecule has 0 unspecified atom stereocenters. The Balaban J connectivity index is 1.50. The van der Waals surface area contributed by atoms with Gasteiger partial charge in [0.05, 0.1) is 22.4 Å². The van der Waals surface area contributed by atoms with Gasteiger partial charge in [0.1, 0.15) is 6.04 Å². The van der Waals surface area contributed by atoms with Crippen LogP contribution in [0.2, 0.25) is 0 Å². The number of amides is 4. The van der Waals surface area contributed by atoms with E-state index in [1.807, 2.05) is 4.90 Å². The molecule has 0 N–H and O–H groups in total. The molecule has 1 atom stereocenters. The summed E-state index contributed by atoms with van der Waals surface area (Å²) in [5.41, 5.74) is -0.235. The number of carbonyl (C=O) groups excluding carboxylic acids is 4. The largest absolute Gasteiger partial charge is 0.341 e. The van der Waals surface area contributed by atoms with Gasteiger partial charge in [0.15, 0.2) is 0 Å². The summed E-state index contributed by atoms with van der Waals surface area (Å²) in [6, 6.07) is 6.24. The van der Waals surface area contributed by atoms with Crippen molar-refractivity contribution in [1.82, 2.24) is 14.7 Å². The summed E-state index contributed by atoms with van der Waals surface area (Å²) in [7, 11) is 0. The van der Waals surface area contributed by atoms with Crippen molar-refractivity contribution < 1.29 is 19.2 Å². The lowest BCUT2D eigenvalue weighted by Gasteiger charge is -2.35. The number of likely N-dealkylation sites (tertiary alicyclic amines) is 1. The second-order valence-electron chi connectivity index (χ2n) is 8.45. The van der Waals surface area contributed by atoms with Crippen LogP contribution < -0.4 is 0 Å². The second-order valence-corrected chi connectivity index (χ2v) is 9.45. The molecule has 0 bridgehead atoms. The third-order valence-corrected chi connectivity index (χ3v) is 6.87. The van der Waals surface area contributed by atoms with E-state index < -0.39 is 11.5 Å². The van der Waals surface area contributed by atoms with Gasteiger partial charge in [-0.1, -0.05) is 12.1 Å². The molecule has 0 radical (unpaired) electrons. The van der Waals surface area contributed by atoms with E-state index >= 15 is 0 Å². The zero-order chi connectivity index (χ0) is 20.8. The molecule has 0 aromatic heterocycles. The highest BCUT2D eigenvalue weighted by molar-refractivity contribution is 7.99. The maximum atomic E-state index is 13.4. The number of carbonyl (C=O) groups is 4. The Morgan fingerprint density at radius 3 is 2.24 bits per heavy atom. The Bertz CT molecular complexity index is 843. The highest BCUT2D eigenvalue weighted by Crippen LogP contribution is 2.32. The van der Waals surface area contributed by atoms with Crippen molar-refractivity contribution in [3.63, 3.8) is 0 Å². The molecule has 2 fully saturated rings. The van der Waals surface area contributed by atoms with Crippen molar-refractivity contribution in [3.05, 3.63) is 35.4 Å². The summed E-state index contributed by atoms with van der Waals surface area (Å²) >= 11 is 1.57. The first-order chi connectivity index (χ1) is 13.8. The zero-order valence-electron chi connectivity index (χ0n) is 16.7. The van der Waals surface area contributed by atoms with E-state index in [1.165, 1.54) is 0 Å². The number of hydrogen-bond donors (Lipinski definition) is 0. The van der Waals surface area contributed by atoms with E-state index in [0.717, 1.165) is 30.8 Å². The molecule has 0 saturated carbocycles. The standard InChI is InChI=1S/C21H25N3O4S/c1-21(2,12-23-17(25)14-7-3-4-8-15(14)18(23)26)20(28)24-13-29-11-16(24)19(27)22-9-5-6-10-22/h3-4,7-8,16H,5-6,9-13H2,1-2H3/t16-/m0/s1. The first-order valence-corrected chi connectivity index (χ1v) is 11.1. The molecule has 3 aliphatic heterocycles. The molecule has 4 rings (SSSR count). The third kappa shape index (κ3) is 3.43. The summed E-state index contributed by atoms with van der Waals surface area (Å²) in [6.07, 6.45) is 2.01. The van der Waals surface area contributed by atoms with E-state index in [0.29, 0.717) is 22.8 Å². The average Bonchev–Trinajstić information content (AvgIpc) is 3.45. The molecular weight excluding hydrogens is 390 g/mol. The van der Waals surface area contributed by atoms with E-state index in [-0.39, 0.29) is 30.2 Å². The van der Waals surface area contributed by atoms with Gasteiger partial charge in [0.2, 0.25) is 11.8 Å². The predicted molar refractivity (Wildman–Crippen MR) is 109 cm³/mol. The minimum atomic E-state index is -0.984. The van der Waals surface area contributed by atoms with E-state index in [4.69, 9.17) is 0 Å². The van der Waals surface area contributed by atoms with Crippen LogP contribution in [0.3, 0.4) is 0 Å². The molecule has 4 amide bonds. The van der Waals surface area contributed by atoms with Gasteiger partial charge in [0.25, 0.3) is 11.8 Å². The Kier molecular flexibility index (Phi) is 5.14. The van der Waals surface area contributed by atoms with Crippen molar-refractivity contribution in [2.24, 2.45) is 5.41 Å². The number of rotatable bonds is 4. The minimum absolute atomic E-state index is 0.00995.